The molecule has 0 aromatic rings. The van der Waals surface area contributed by atoms with Crippen LogP contribution in [0, 0.1) is 5.92 Å². The second kappa shape index (κ2) is 6.07. The summed E-state index contributed by atoms with van der Waals surface area (Å²) in [5.41, 5.74) is 0. The molecule has 0 aromatic carbocycles. The molecule has 1 amide bonds. The van der Waals surface area contributed by atoms with Crippen LogP contribution in [0.2, 0.25) is 0 Å². The molecule has 0 saturated carbocycles. The third-order valence-corrected chi connectivity index (χ3v) is 3.76. The van der Waals surface area contributed by atoms with Gasteiger partial charge in [-0.1, -0.05) is 19.8 Å². The smallest absolute Gasteiger partial charge is 0.268 e. The second-order valence-electron chi connectivity index (χ2n) is 3.58. The third kappa shape index (κ3) is 4.61. The molecule has 0 fully saturated rings. The van der Waals surface area contributed by atoms with Crippen LogP contribution in [0.25, 0.3) is 0 Å². The summed E-state index contributed by atoms with van der Waals surface area (Å²) in [6.45, 7) is 3.31. The van der Waals surface area contributed by atoms with Crippen molar-refractivity contribution in [2.75, 3.05) is 7.05 Å². The van der Waals surface area contributed by atoms with E-state index in [2.05, 4.69) is 5.32 Å². The fourth-order valence-electron chi connectivity index (χ4n) is 1.40. The van der Waals surface area contributed by atoms with E-state index >= 15 is 0 Å². The van der Waals surface area contributed by atoms with Crippen LogP contribution in [0.4, 0.5) is 0 Å². The topological polar surface area (TPSA) is 83.5 Å². The number of hydrogen-bond acceptors (Lipinski definition) is 3. The molecule has 5 nitrogen and oxygen atoms in total. The molecule has 0 bridgehead atoms. The number of amides is 1. The summed E-state index contributed by atoms with van der Waals surface area (Å²) in [6, 6.07) is 0. The van der Waals surface area contributed by atoms with E-state index in [1.165, 1.54) is 14.0 Å². The number of carbonyl (C=O) groups is 1. The first kappa shape index (κ1) is 14.4. The van der Waals surface area contributed by atoms with Crippen LogP contribution in [-0.4, -0.2) is 31.2 Å². The Kier molecular flexibility index (Phi) is 5.82. The molecule has 6 heteroatoms. The molecule has 0 heterocycles. The predicted octanol–water partition coefficient (Wildman–Crippen LogP) is 0.815. The highest BCUT2D eigenvalue weighted by molar-refractivity contribution is 7.86. The Bertz CT molecular complexity index is 299. The molecule has 90 valence electrons. The van der Waals surface area contributed by atoms with Gasteiger partial charge in [-0.05, 0) is 13.3 Å². The molecule has 0 aliphatic carbocycles. The molecule has 0 aliphatic rings. The van der Waals surface area contributed by atoms with Gasteiger partial charge in [0.15, 0.2) is 0 Å². The predicted molar refractivity (Wildman–Crippen MR) is 58.1 cm³/mol. The minimum absolute atomic E-state index is 0.339. The molecule has 0 saturated heterocycles. The summed E-state index contributed by atoms with van der Waals surface area (Å²) in [5, 5.41) is 1.36. The zero-order chi connectivity index (χ0) is 12.1. The average Bonchev–Trinajstić information content (AvgIpc) is 2.16. The lowest BCUT2D eigenvalue weighted by Gasteiger charge is -2.19. The first-order chi connectivity index (χ1) is 6.84. The maximum Gasteiger partial charge on any atom is 0.268 e. The third-order valence-electron chi connectivity index (χ3n) is 2.49. The van der Waals surface area contributed by atoms with Gasteiger partial charge in [-0.2, -0.15) is 8.42 Å². The number of hydrogen-bond donors (Lipinski definition) is 2. The van der Waals surface area contributed by atoms with Crippen molar-refractivity contribution in [1.29, 1.82) is 0 Å². The maximum atomic E-state index is 11.4. The molecule has 0 aliphatic heterocycles. The molecular weight excluding hydrogens is 218 g/mol. The first-order valence-electron chi connectivity index (χ1n) is 5.02. The van der Waals surface area contributed by atoms with Crippen molar-refractivity contribution in [2.45, 2.75) is 38.4 Å². The van der Waals surface area contributed by atoms with Crippen molar-refractivity contribution in [3.8, 4) is 0 Å². The lowest BCUT2D eigenvalue weighted by atomic mass is 9.98. The normalized spacial score (nSPS) is 15.7. The van der Waals surface area contributed by atoms with Crippen LogP contribution < -0.4 is 5.32 Å². The van der Waals surface area contributed by atoms with Crippen molar-refractivity contribution in [3.63, 3.8) is 0 Å². The van der Waals surface area contributed by atoms with Gasteiger partial charge in [-0.15, -0.1) is 0 Å². The minimum atomic E-state index is -4.15. The number of carbonyl (C=O) groups excluding carboxylic acids is 1. The van der Waals surface area contributed by atoms with Crippen LogP contribution in [0.3, 0.4) is 0 Å². The SMILES string of the molecule is CCCCC(C(=O)NC)C(C)S(=O)(=O)O. The van der Waals surface area contributed by atoms with Crippen molar-refractivity contribution in [2.24, 2.45) is 5.92 Å². The molecule has 15 heavy (non-hydrogen) atoms. The zero-order valence-corrected chi connectivity index (χ0v) is 10.2. The van der Waals surface area contributed by atoms with Gasteiger partial charge in [0.25, 0.3) is 10.1 Å². The highest BCUT2D eigenvalue weighted by Crippen LogP contribution is 2.18. The fraction of sp³-hybridized carbons (Fsp3) is 0.889. The summed E-state index contributed by atoms with van der Waals surface area (Å²) in [7, 11) is -2.69. The first-order valence-corrected chi connectivity index (χ1v) is 6.52. The van der Waals surface area contributed by atoms with Gasteiger partial charge in [0.05, 0.1) is 11.2 Å². The fourth-order valence-corrected chi connectivity index (χ4v) is 2.07. The van der Waals surface area contributed by atoms with E-state index in [0.29, 0.717) is 6.42 Å². The van der Waals surface area contributed by atoms with Crippen molar-refractivity contribution in [1.82, 2.24) is 5.32 Å². The molecular formula is C9H19NO4S. The Labute approximate surface area is 91.0 Å². The zero-order valence-electron chi connectivity index (χ0n) is 9.36. The molecule has 0 spiro atoms. The van der Waals surface area contributed by atoms with E-state index in [4.69, 9.17) is 4.55 Å². The summed E-state index contributed by atoms with van der Waals surface area (Å²) in [5.74, 6) is -1.02. The van der Waals surface area contributed by atoms with Gasteiger partial charge in [0.1, 0.15) is 0 Å². The van der Waals surface area contributed by atoms with Gasteiger partial charge < -0.3 is 5.32 Å². The minimum Gasteiger partial charge on any atom is -0.359 e. The van der Waals surface area contributed by atoms with Crippen molar-refractivity contribution >= 4 is 16.0 Å². The highest BCUT2D eigenvalue weighted by atomic mass is 32.2. The monoisotopic (exact) mass is 237 g/mol. The Balaban J connectivity index is 4.70. The van der Waals surface area contributed by atoms with Gasteiger partial charge in [-0.25, -0.2) is 0 Å². The van der Waals surface area contributed by atoms with Gasteiger partial charge in [-0.3, -0.25) is 9.35 Å². The summed E-state index contributed by atoms with van der Waals surface area (Å²) >= 11 is 0. The number of rotatable bonds is 6. The van der Waals surface area contributed by atoms with E-state index in [1.807, 2.05) is 6.92 Å². The van der Waals surface area contributed by atoms with Crippen LogP contribution in [0.15, 0.2) is 0 Å². The van der Waals surface area contributed by atoms with Crippen molar-refractivity contribution in [3.05, 3.63) is 0 Å². The highest BCUT2D eigenvalue weighted by Gasteiger charge is 2.32. The Hall–Kier alpha value is -0.620. The van der Waals surface area contributed by atoms with Crippen LogP contribution >= 0.6 is 0 Å². The molecule has 2 N–H and O–H groups in total. The van der Waals surface area contributed by atoms with E-state index in [1.54, 1.807) is 0 Å². The second-order valence-corrected chi connectivity index (χ2v) is 5.36. The molecule has 2 unspecified atom stereocenters. The Morgan fingerprint density at radius 3 is 2.33 bits per heavy atom. The van der Waals surface area contributed by atoms with E-state index in [0.717, 1.165) is 12.8 Å². The summed E-state index contributed by atoms with van der Waals surface area (Å²) in [4.78, 5) is 11.4. The Morgan fingerprint density at radius 1 is 1.47 bits per heavy atom. The van der Waals surface area contributed by atoms with E-state index < -0.39 is 21.3 Å². The van der Waals surface area contributed by atoms with Crippen LogP contribution in [-0.2, 0) is 14.9 Å². The van der Waals surface area contributed by atoms with Gasteiger partial charge in [0, 0.05) is 7.05 Å². The molecule has 0 radical (unpaired) electrons. The lowest BCUT2D eigenvalue weighted by molar-refractivity contribution is -0.124. The largest absolute Gasteiger partial charge is 0.359 e. The van der Waals surface area contributed by atoms with Gasteiger partial charge >= 0.3 is 0 Å². The van der Waals surface area contributed by atoms with Gasteiger partial charge in [0.2, 0.25) is 5.91 Å². The van der Waals surface area contributed by atoms with Crippen LogP contribution in [0.5, 0.6) is 0 Å². The lowest BCUT2D eigenvalue weighted by Crippen LogP contribution is -2.38. The molecule has 0 rings (SSSR count). The standard InChI is InChI=1S/C9H19NO4S/c1-4-5-6-8(9(11)10-3)7(2)15(12,13)14/h7-8H,4-6H2,1-3H3,(H,10,11)(H,12,13,14). The quantitative estimate of drug-likeness (QED) is 0.670. The van der Waals surface area contributed by atoms with Crippen molar-refractivity contribution < 1.29 is 17.8 Å². The van der Waals surface area contributed by atoms with Crippen LogP contribution in [0.1, 0.15) is 33.1 Å². The maximum absolute atomic E-state index is 11.4. The molecule has 0 aromatic heterocycles. The molecule has 2 atom stereocenters. The number of unbranched alkanes of at least 4 members (excludes halogenated alkanes) is 1. The van der Waals surface area contributed by atoms with E-state index in [-0.39, 0.29) is 5.91 Å². The number of nitrogens with one attached hydrogen (secondary N) is 1. The van der Waals surface area contributed by atoms with E-state index in [9.17, 15) is 13.2 Å². The Morgan fingerprint density at radius 2 is 2.00 bits per heavy atom. The average molecular weight is 237 g/mol. The summed E-state index contributed by atoms with van der Waals surface area (Å²) < 4.78 is 30.8. The summed E-state index contributed by atoms with van der Waals surface area (Å²) in [6.07, 6.45) is 2.11.